The van der Waals surface area contributed by atoms with Gasteiger partial charge in [-0.05, 0) is 12.3 Å². The number of carbonyl (C=O) groups excluding carboxylic acids is 1. The second kappa shape index (κ2) is 6.18. The Morgan fingerprint density at radius 2 is 2.00 bits per heavy atom. The van der Waals surface area contributed by atoms with Gasteiger partial charge in [0.15, 0.2) is 0 Å². The number of hydrogen-bond acceptors (Lipinski definition) is 2. The zero-order valence-electron chi connectivity index (χ0n) is 8.59. The Bertz CT molecular complexity index is 130. The van der Waals surface area contributed by atoms with Crippen LogP contribution in [0.15, 0.2) is 0 Å². The van der Waals surface area contributed by atoms with E-state index >= 15 is 0 Å². The summed E-state index contributed by atoms with van der Waals surface area (Å²) in [5, 5.41) is 0. The van der Waals surface area contributed by atoms with Gasteiger partial charge in [-0.25, -0.2) is 0 Å². The molecule has 0 fully saturated rings. The number of rotatable bonds is 6. The minimum absolute atomic E-state index is 0.0925. The quantitative estimate of drug-likeness (QED) is 0.614. The Labute approximate surface area is 75.3 Å². The summed E-state index contributed by atoms with van der Waals surface area (Å²) >= 11 is 0. The lowest BCUT2D eigenvalue weighted by Gasteiger charge is -2.17. The molecule has 1 atom stereocenters. The van der Waals surface area contributed by atoms with E-state index in [1.165, 1.54) is 0 Å². The van der Waals surface area contributed by atoms with E-state index in [1.807, 2.05) is 6.92 Å². The third-order valence-electron chi connectivity index (χ3n) is 2.06. The molecule has 1 unspecified atom stereocenters. The second-order valence-corrected chi connectivity index (χ2v) is 3.52. The number of ketones is 1. The van der Waals surface area contributed by atoms with Crippen LogP contribution in [-0.2, 0) is 9.53 Å². The van der Waals surface area contributed by atoms with Crippen LogP contribution < -0.4 is 0 Å². The van der Waals surface area contributed by atoms with Crippen molar-refractivity contribution >= 4 is 5.78 Å². The van der Waals surface area contributed by atoms with Crippen molar-refractivity contribution in [2.75, 3.05) is 13.7 Å². The molecule has 0 aromatic rings. The summed E-state index contributed by atoms with van der Waals surface area (Å²) in [4.78, 5) is 11.5. The summed E-state index contributed by atoms with van der Waals surface area (Å²) < 4.78 is 5.01. The van der Waals surface area contributed by atoms with Crippen molar-refractivity contribution in [3.8, 4) is 0 Å². The van der Waals surface area contributed by atoms with Crippen molar-refractivity contribution in [2.45, 2.75) is 33.6 Å². The number of hydrogen-bond donors (Lipinski definition) is 0. The summed E-state index contributed by atoms with van der Waals surface area (Å²) in [5.74, 6) is 0.827. The molecular weight excluding hydrogens is 152 g/mol. The van der Waals surface area contributed by atoms with E-state index in [-0.39, 0.29) is 5.92 Å². The number of carbonyl (C=O) groups is 1. The second-order valence-electron chi connectivity index (χ2n) is 3.52. The van der Waals surface area contributed by atoms with Crippen LogP contribution in [-0.4, -0.2) is 19.5 Å². The predicted molar refractivity (Wildman–Crippen MR) is 50.1 cm³/mol. The van der Waals surface area contributed by atoms with Crippen LogP contribution in [0, 0.1) is 11.8 Å². The highest BCUT2D eigenvalue weighted by Gasteiger charge is 2.20. The van der Waals surface area contributed by atoms with E-state index in [0.29, 0.717) is 24.7 Å². The van der Waals surface area contributed by atoms with Gasteiger partial charge < -0.3 is 4.74 Å². The molecule has 0 aromatic heterocycles. The van der Waals surface area contributed by atoms with Gasteiger partial charge in [-0.3, -0.25) is 4.79 Å². The van der Waals surface area contributed by atoms with Gasteiger partial charge in [0.05, 0.1) is 6.61 Å². The van der Waals surface area contributed by atoms with Gasteiger partial charge in [0, 0.05) is 19.4 Å². The van der Waals surface area contributed by atoms with E-state index < -0.39 is 0 Å². The van der Waals surface area contributed by atoms with Crippen LogP contribution in [0.2, 0.25) is 0 Å². The predicted octanol–water partition coefficient (Wildman–Crippen LogP) is 2.27. The lowest BCUT2D eigenvalue weighted by molar-refractivity contribution is -0.126. The van der Waals surface area contributed by atoms with Gasteiger partial charge in [-0.2, -0.15) is 0 Å². The van der Waals surface area contributed by atoms with E-state index in [9.17, 15) is 4.79 Å². The molecule has 0 bridgehead atoms. The Kier molecular flexibility index (Phi) is 5.99. The molecule has 0 spiro atoms. The van der Waals surface area contributed by atoms with Gasteiger partial charge in [0.1, 0.15) is 5.78 Å². The first-order chi connectivity index (χ1) is 5.63. The van der Waals surface area contributed by atoms with Gasteiger partial charge in [-0.15, -0.1) is 0 Å². The van der Waals surface area contributed by atoms with E-state index in [4.69, 9.17) is 4.74 Å². The number of methoxy groups -OCH3 is 1. The highest BCUT2D eigenvalue weighted by atomic mass is 16.5. The normalized spacial score (nSPS) is 13.4. The first-order valence-electron chi connectivity index (χ1n) is 4.65. The molecule has 0 aromatic carbocycles. The molecule has 0 aliphatic rings. The molecule has 0 rings (SSSR count). The smallest absolute Gasteiger partial charge is 0.138 e. The van der Waals surface area contributed by atoms with Crippen LogP contribution in [0.3, 0.4) is 0 Å². The summed E-state index contributed by atoms with van der Waals surface area (Å²) in [7, 11) is 1.65. The Morgan fingerprint density at radius 3 is 2.33 bits per heavy atom. The molecule has 0 radical (unpaired) electrons. The first-order valence-corrected chi connectivity index (χ1v) is 4.65. The third kappa shape index (κ3) is 3.86. The Balaban J connectivity index is 4.00. The lowest BCUT2D eigenvalue weighted by atomic mass is 9.90. The van der Waals surface area contributed by atoms with Gasteiger partial charge in [0.25, 0.3) is 0 Å². The molecule has 12 heavy (non-hydrogen) atoms. The van der Waals surface area contributed by atoms with Crippen molar-refractivity contribution in [3.63, 3.8) is 0 Å². The van der Waals surface area contributed by atoms with Crippen molar-refractivity contribution in [1.82, 2.24) is 0 Å². The maximum atomic E-state index is 11.5. The maximum absolute atomic E-state index is 11.5. The highest BCUT2D eigenvalue weighted by molar-refractivity contribution is 5.81. The van der Waals surface area contributed by atoms with Crippen molar-refractivity contribution in [2.24, 2.45) is 11.8 Å². The fraction of sp³-hybridized carbons (Fsp3) is 0.900. The average Bonchev–Trinajstić information content (AvgIpc) is 1.99. The molecule has 0 aliphatic carbocycles. The number of ether oxygens (including phenoxy) is 1. The zero-order chi connectivity index (χ0) is 9.56. The Hall–Kier alpha value is -0.370. The largest absolute Gasteiger partial charge is 0.384 e. The minimum atomic E-state index is 0.0925. The third-order valence-corrected chi connectivity index (χ3v) is 2.06. The van der Waals surface area contributed by atoms with Crippen molar-refractivity contribution in [3.05, 3.63) is 0 Å². The van der Waals surface area contributed by atoms with Gasteiger partial charge in [0.2, 0.25) is 0 Å². The highest BCUT2D eigenvalue weighted by Crippen LogP contribution is 2.14. The fourth-order valence-corrected chi connectivity index (χ4v) is 1.27. The standard InChI is InChI=1S/C10H20O2/c1-5-6-10(11)9(7-12-4)8(2)3/h8-9H,5-7H2,1-4H3. The molecule has 0 saturated heterocycles. The van der Waals surface area contributed by atoms with E-state index in [2.05, 4.69) is 13.8 Å². The van der Waals surface area contributed by atoms with E-state index in [1.54, 1.807) is 7.11 Å². The molecule has 2 nitrogen and oxygen atoms in total. The fourth-order valence-electron chi connectivity index (χ4n) is 1.27. The average molecular weight is 172 g/mol. The monoisotopic (exact) mass is 172 g/mol. The molecule has 0 amide bonds. The molecule has 0 heterocycles. The van der Waals surface area contributed by atoms with Gasteiger partial charge in [-0.1, -0.05) is 20.8 Å². The summed E-state index contributed by atoms with van der Waals surface area (Å²) in [6.07, 6.45) is 1.62. The van der Waals surface area contributed by atoms with Crippen LogP contribution in [0.4, 0.5) is 0 Å². The first kappa shape index (κ1) is 11.6. The lowest BCUT2D eigenvalue weighted by Crippen LogP contribution is -2.24. The Morgan fingerprint density at radius 1 is 1.42 bits per heavy atom. The van der Waals surface area contributed by atoms with Crippen molar-refractivity contribution < 1.29 is 9.53 Å². The SMILES string of the molecule is CCCC(=O)C(COC)C(C)C. The summed E-state index contributed by atoms with van der Waals surface area (Å²) in [5.41, 5.74) is 0. The summed E-state index contributed by atoms with van der Waals surface area (Å²) in [6, 6.07) is 0. The number of Topliss-reactive ketones (excluding diaryl/α,β-unsaturated/α-hetero) is 1. The molecular formula is C10H20O2. The molecule has 0 saturated carbocycles. The topological polar surface area (TPSA) is 26.3 Å². The summed E-state index contributed by atoms with van der Waals surface area (Å²) in [6.45, 7) is 6.73. The molecule has 72 valence electrons. The molecule has 2 heteroatoms. The van der Waals surface area contributed by atoms with Crippen LogP contribution in [0.1, 0.15) is 33.6 Å². The zero-order valence-corrected chi connectivity index (χ0v) is 8.59. The van der Waals surface area contributed by atoms with Crippen molar-refractivity contribution in [1.29, 1.82) is 0 Å². The van der Waals surface area contributed by atoms with Crippen LogP contribution in [0.25, 0.3) is 0 Å². The minimum Gasteiger partial charge on any atom is -0.384 e. The molecule has 0 aliphatic heterocycles. The van der Waals surface area contributed by atoms with Gasteiger partial charge >= 0.3 is 0 Å². The van der Waals surface area contributed by atoms with Crippen LogP contribution >= 0.6 is 0 Å². The van der Waals surface area contributed by atoms with E-state index in [0.717, 1.165) is 6.42 Å². The maximum Gasteiger partial charge on any atom is 0.138 e. The molecule has 0 N–H and O–H groups in total. The van der Waals surface area contributed by atoms with Crippen LogP contribution in [0.5, 0.6) is 0 Å².